The molecule has 1 aliphatic carbocycles. The van der Waals surface area contributed by atoms with Crippen molar-refractivity contribution >= 4 is 15.7 Å². The summed E-state index contributed by atoms with van der Waals surface area (Å²) in [4.78, 5) is 16.8. The predicted molar refractivity (Wildman–Crippen MR) is 106 cm³/mol. The van der Waals surface area contributed by atoms with Gasteiger partial charge in [0.05, 0.1) is 5.75 Å². The van der Waals surface area contributed by atoms with Crippen molar-refractivity contribution in [2.75, 3.05) is 44.7 Å². The van der Waals surface area contributed by atoms with Gasteiger partial charge in [-0.05, 0) is 48.9 Å². The highest BCUT2D eigenvalue weighted by molar-refractivity contribution is 7.90. The van der Waals surface area contributed by atoms with Gasteiger partial charge in [-0.1, -0.05) is 13.0 Å². The van der Waals surface area contributed by atoms with Gasteiger partial charge in [0.1, 0.15) is 15.6 Å². The van der Waals surface area contributed by atoms with Crippen LogP contribution in [0.1, 0.15) is 30.9 Å². The number of rotatable bonds is 7. The van der Waals surface area contributed by atoms with Gasteiger partial charge < -0.3 is 9.64 Å². The molecule has 7 heteroatoms. The van der Waals surface area contributed by atoms with Crippen molar-refractivity contribution < 1.29 is 17.9 Å². The molecule has 1 amide bonds. The van der Waals surface area contributed by atoms with E-state index >= 15 is 0 Å². The van der Waals surface area contributed by atoms with E-state index in [1.54, 1.807) is 0 Å². The van der Waals surface area contributed by atoms with Crippen LogP contribution in [0.2, 0.25) is 0 Å². The average molecular weight is 395 g/mol. The number of hydrogen-bond acceptors (Lipinski definition) is 5. The van der Waals surface area contributed by atoms with E-state index in [-0.39, 0.29) is 11.7 Å². The summed E-state index contributed by atoms with van der Waals surface area (Å²) in [5, 5.41) is 0. The van der Waals surface area contributed by atoms with Crippen molar-refractivity contribution in [1.29, 1.82) is 0 Å². The van der Waals surface area contributed by atoms with Gasteiger partial charge in [-0.3, -0.25) is 9.69 Å². The van der Waals surface area contributed by atoms with Crippen molar-refractivity contribution in [3.63, 3.8) is 0 Å². The number of fused-ring (bicyclic) bond motifs is 1. The van der Waals surface area contributed by atoms with Crippen LogP contribution in [-0.2, 0) is 27.5 Å². The van der Waals surface area contributed by atoms with E-state index < -0.39 is 15.9 Å². The van der Waals surface area contributed by atoms with Crippen LogP contribution in [0.4, 0.5) is 0 Å². The van der Waals surface area contributed by atoms with Gasteiger partial charge >= 0.3 is 0 Å². The largest absolute Gasteiger partial charge is 0.481 e. The minimum absolute atomic E-state index is 0.0285. The van der Waals surface area contributed by atoms with E-state index in [4.69, 9.17) is 4.74 Å². The molecule has 6 nitrogen and oxygen atoms in total. The van der Waals surface area contributed by atoms with Crippen molar-refractivity contribution in [3.8, 4) is 5.75 Å². The molecule has 1 saturated heterocycles. The molecular formula is C20H30N2O4S. The molecule has 1 atom stereocenters. The summed E-state index contributed by atoms with van der Waals surface area (Å²) in [5.74, 6) is 0.975. The normalized spacial score (nSPS) is 19.0. The molecule has 1 aromatic carbocycles. The van der Waals surface area contributed by atoms with E-state index in [1.807, 2.05) is 17.9 Å². The second kappa shape index (κ2) is 8.61. The van der Waals surface area contributed by atoms with Gasteiger partial charge in [0.25, 0.3) is 5.91 Å². The van der Waals surface area contributed by atoms with Crippen molar-refractivity contribution in [1.82, 2.24) is 9.80 Å². The molecule has 0 spiro atoms. The Bertz CT molecular complexity index is 770. The molecule has 1 heterocycles. The van der Waals surface area contributed by atoms with E-state index in [1.165, 1.54) is 23.8 Å². The quantitative estimate of drug-likeness (QED) is 0.702. The molecule has 2 aliphatic rings. The molecule has 1 unspecified atom stereocenters. The predicted octanol–water partition coefficient (Wildman–Crippen LogP) is 1.52. The number of sulfone groups is 1. The van der Waals surface area contributed by atoms with Gasteiger partial charge in [0.15, 0.2) is 6.10 Å². The van der Waals surface area contributed by atoms with Gasteiger partial charge in [0, 0.05) is 39.0 Å². The van der Waals surface area contributed by atoms with Crippen molar-refractivity contribution in [2.45, 2.75) is 38.7 Å². The molecule has 150 valence electrons. The minimum Gasteiger partial charge on any atom is -0.481 e. The molecule has 3 rings (SSSR count). The number of amides is 1. The molecule has 1 aliphatic heterocycles. The molecule has 0 bridgehead atoms. The average Bonchev–Trinajstić information content (AvgIpc) is 3.11. The summed E-state index contributed by atoms with van der Waals surface area (Å²) >= 11 is 0. The van der Waals surface area contributed by atoms with Crippen LogP contribution in [0.3, 0.4) is 0 Å². The number of ether oxygens (including phenoxy) is 1. The fourth-order valence-electron chi connectivity index (χ4n) is 3.78. The van der Waals surface area contributed by atoms with Gasteiger partial charge in [-0.25, -0.2) is 8.42 Å². The third kappa shape index (κ3) is 5.45. The van der Waals surface area contributed by atoms with Gasteiger partial charge in [-0.2, -0.15) is 0 Å². The van der Waals surface area contributed by atoms with Crippen LogP contribution >= 0.6 is 0 Å². The molecule has 1 aromatic rings. The van der Waals surface area contributed by atoms with Gasteiger partial charge in [0.2, 0.25) is 0 Å². The summed E-state index contributed by atoms with van der Waals surface area (Å²) in [7, 11) is -2.95. The monoisotopic (exact) mass is 394 g/mol. The molecule has 27 heavy (non-hydrogen) atoms. The highest BCUT2D eigenvalue weighted by Crippen LogP contribution is 2.27. The van der Waals surface area contributed by atoms with Gasteiger partial charge in [-0.15, -0.1) is 0 Å². The number of carbonyl (C=O) groups is 1. The summed E-state index contributed by atoms with van der Waals surface area (Å²) in [6.45, 7) is 5.15. The van der Waals surface area contributed by atoms with E-state index in [9.17, 15) is 13.2 Å². The Hall–Kier alpha value is -1.60. The van der Waals surface area contributed by atoms with Crippen LogP contribution in [-0.4, -0.2) is 75.0 Å². The Labute approximate surface area is 162 Å². The third-order valence-corrected chi connectivity index (χ3v) is 6.38. The maximum atomic E-state index is 12.9. The fourth-order valence-corrected chi connectivity index (χ4v) is 4.37. The molecule has 0 aromatic heterocycles. The highest BCUT2D eigenvalue weighted by Gasteiger charge is 2.28. The second-order valence-corrected chi connectivity index (χ2v) is 9.86. The van der Waals surface area contributed by atoms with E-state index in [0.717, 1.165) is 18.6 Å². The Morgan fingerprint density at radius 1 is 1.15 bits per heavy atom. The first kappa shape index (κ1) is 20.1. The highest BCUT2D eigenvalue weighted by atomic mass is 32.2. The van der Waals surface area contributed by atoms with Crippen LogP contribution in [0.15, 0.2) is 18.2 Å². The van der Waals surface area contributed by atoms with Crippen LogP contribution in [0.5, 0.6) is 5.75 Å². The van der Waals surface area contributed by atoms with Crippen LogP contribution in [0.25, 0.3) is 0 Å². The minimum atomic E-state index is -2.95. The first-order chi connectivity index (χ1) is 12.9. The molecular weight excluding hydrogens is 364 g/mol. The lowest BCUT2D eigenvalue weighted by atomic mass is 10.1. The Kier molecular flexibility index (Phi) is 6.42. The van der Waals surface area contributed by atoms with Crippen molar-refractivity contribution in [2.24, 2.45) is 0 Å². The number of aryl methyl sites for hydroxylation is 2. The smallest absolute Gasteiger partial charge is 0.263 e. The molecule has 0 N–H and O–H groups in total. The zero-order chi connectivity index (χ0) is 19.4. The SMILES string of the molecule is CCC(Oc1ccc2c(c1)CCC2)C(=O)N1CCN(CCS(C)(=O)=O)CC1. The number of benzene rings is 1. The maximum Gasteiger partial charge on any atom is 0.263 e. The van der Waals surface area contributed by atoms with Crippen molar-refractivity contribution in [3.05, 3.63) is 29.3 Å². The lowest BCUT2D eigenvalue weighted by Crippen LogP contribution is -2.52. The summed E-state index contributed by atoms with van der Waals surface area (Å²) in [6.07, 6.45) is 4.84. The van der Waals surface area contributed by atoms with Crippen LogP contribution in [0, 0.1) is 0 Å². The molecule has 0 saturated carbocycles. The lowest BCUT2D eigenvalue weighted by molar-refractivity contribution is -0.140. The number of hydrogen-bond donors (Lipinski definition) is 0. The summed E-state index contributed by atoms with van der Waals surface area (Å²) in [6, 6.07) is 6.18. The first-order valence-electron chi connectivity index (χ1n) is 9.83. The maximum absolute atomic E-state index is 12.9. The summed E-state index contributed by atoms with van der Waals surface area (Å²) < 4.78 is 28.7. The fraction of sp³-hybridized carbons (Fsp3) is 0.650. The number of piperazine rings is 1. The summed E-state index contributed by atoms with van der Waals surface area (Å²) in [5.41, 5.74) is 2.74. The Balaban J connectivity index is 1.53. The second-order valence-electron chi connectivity index (χ2n) is 7.60. The number of nitrogens with zero attached hydrogens (tertiary/aromatic N) is 2. The zero-order valence-electron chi connectivity index (χ0n) is 16.3. The van der Waals surface area contributed by atoms with Crippen LogP contribution < -0.4 is 4.74 Å². The molecule has 1 fully saturated rings. The van der Waals surface area contributed by atoms with E-state index in [0.29, 0.717) is 39.1 Å². The standard InChI is InChI=1S/C20H30N2O4S/c1-3-19(26-18-8-7-16-5-4-6-17(16)15-18)20(23)22-11-9-21(10-12-22)13-14-27(2,24)25/h7-8,15,19H,3-6,9-14H2,1-2H3. The Morgan fingerprint density at radius 3 is 2.52 bits per heavy atom. The zero-order valence-corrected chi connectivity index (χ0v) is 17.1. The first-order valence-corrected chi connectivity index (χ1v) is 11.9. The Morgan fingerprint density at radius 2 is 1.85 bits per heavy atom. The van der Waals surface area contributed by atoms with E-state index in [2.05, 4.69) is 17.0 Å². The topological polar surface area (TPSA) is 66.9 Å². The number of carbonyl (C=O) groups excluding carboxylic acids is 1. The third-order valence-electron chi connectivity index (χ3n) is 5.46. The molecule has 0 radical (unpaired) electrons. The lowest BCUT2D eigenvalue weighted by Gasteiger charge is -2.36.